The average molecular weight is 371 g/mol. The van der Waals surface area contributed by atoms with E-state index in [2.05, 4.69) is 9.46 Å². The molecule has 2 aromatic rings. The highest BCUT2D eigenvalue weighted by Gasteiger charge is 2.24. The number of carbonyl (C=O) groups is 1. The number of hydrogen-bond donors (Lipinski definition) is 1. The van der Waals surface area contributed by atoms with E-state index in [1.165, 1.54) is 17.7 Å². The maximum atomic E-state index is 12.5. The number of aromatic nitrogens is 1. The molecule has 1 aromatic heterocycles. The highest BCUT2D eigenvalue weighted by molar-refractivity contribution is 7.89. The molecule has 8 heteroatoms. The topological polar surface area (TPSA) is 77.4 Å². The van der Waals surface area contributed by atoms with E-state index in [1.807, 2.05) is 12.1 Å². The first kappa shape index (κ1) is 18.5. The van der Waals surface area contributed by atoms with Crippen LogP contribution in [-0.4, -0.2) is 32.6 Å². The van der Waals surface area contributed by atoms with Crippen molar-refractivity contribution in [3.8, 4) is 0 Å². The zero-order chi connectivity index (χ0) is 17.9. The predicted octanol–water partition coefficient (Wildman–Crippen LogP) is 2.29. The fraction of sp³-hybridized carbons (Fsp3) is 0.312. The number of esters is 1. The van der Waals surface area contributed by atoms with Gasteiger partial charge >= 0.3 is 5.97 Å². The summed E-state index contributed by atoms with van der Waals surface area (Å²) in [6, 6.07) is 8.54. The Morgan fingerprint density at radius 3 is 2.50 bits per heavy atom. The van der Waals surface area contributed by atoms with Gasteiger partial charge in [0.2, 0.25) is 10.0 Å². The maximum absolute atomic E-state index is 12.5. The van der Waals surface area contributed by atoms with Gasteiger partial charge in [-0.3, -0.25) is 0 Å². The van der Waals surface area contributed by atoms with Crippen molar-refractivity contribution >= 4 is 27.6 Å². The second-order valence-electron chi connectivity index (χ2n) is 5.30. The van der Waals surface area contributed by atoms with Crippen LogP contribution in [0.2, 0.25) is 5.02 Å². The normalized spacial score (nSPS) is 11.5. The van der Waals surface area contributed by atoms with Gasteiger partial charge in [0.15, 0.2) is 0 Å². The number of carbonyl (C=O) groups excluding carboxylic acids is 1. The standard InChI is InChI=1S/C16H19ClN2O4S/c1-11-15(10-14(19(11)2)16(20)23-3)24(21,22)18-9-8-12-4-6-13(17)7-5-12/h4-7,10,18H,8-9H2,1-3H3. The van der Waals surface area contributed by atoms with Crippen molar-refractivity contribution < 1.29 is 17.9 Å². The summed E-state index contributed by atoms with van der Waals surface area (Å²) in [6.45, 7) is 1.88. The Bertz CT molecular complexity index is 842. The summed E-state index contributed by atoms with van der Waals surface area (Å²) in [5.41, 5.74) is 1.63. The average Bonchev–Trinajstić information content (AvgIpc) is 2.85. The second kappa shape index (κ2) is 7.38. The van der Waals surface area contributed by atoms with E-state index < -0.39 is 16.0 Å². The third-order valence-corrected chi connectivity index (χ3v) is 5.62. The van der Waals surface area contributed by atoms with Crippen LogP contribution in [0.15, 0.2) is 35.2 Å². The molecular formula is C16H19ClN2O4S. The van der Waals surface area contributed by atoms with Gasteiger partial charge < -0.3 is 9.30 Å². The van der Waals surface area contributed by atoms with Gasteiger partial charge in [-0.15, -0.1) is 0 Å². The number of ether oxygens (including phenoxy) is 1. The molecule has 24 heavy (non-hydrogen) atoms. The van der Waals surface area contributed by atoms with Crippen molar-refractivity contribution in [1.82, 2.24) is 9.29 Å². The molecule has 0 saturated heterocycles. The Balaban J connectivity index is 2.13. The highest BCUT2D eigenvalue weighted by Crippen LogP contribution is 2.20. The van der Waals surface area contributed by atoms with Gasteiger partial charge in [-0.05, 0) is 37.1 Å². The van der Waals surface area contributed by atoms with E-state index in [0.29, 0.717) is 17.1 Å². The Morgan fingerprint density at radius 1 is 1.29 bits per heavy atom. The van der Waals surface area contributed by atoms with Crippen LogP contribution >= 0.6 is 11.6 Å². The molecule has 1 aromatic carbocycles. The predicted molar refractivity (Wildman–Crippen MR) is 91.8 cm³/mol. The quantitative estimate of drug-likeness (QED) is 0.791. The SMILES string of the molecule is COC(=O)c1cc(S(=O)(=O)NCCc2ccc(Cl)cc2)c(C)n1C. The van der Waals surface area contributed by atoms with Crippen LogP contribution in [0.3, 0.4) is 0 Å². The van der Waals surface area contributed by atoms with E-state index in [-0.39, 0.29) is 17.1 Å². The molecule has 0 saturated carbocycles. The molecule has 0 radical (unpaired) electrons. The van der Waals surface area contributed by atoms with Crippen molar-refractivity contribution in [2.45, 2.75) is 18.2 Å². The lowest BCUT2D eigenvalue weighted by Crippen LogP contribution is -2.26. The van der Waals surface area contributed by atoms with Gasteiger partial charge in [0, 0.05) is 24.3 Å². The third-order valence-electron chi connectivity index (χ3n) is 3.79. The number of sulfonamides is 1. The smallest absolute Gasteiger partial charge is 0.354 e. The lowest BCUT2D eigenvalue weighted by atomic mass is 10.2. The summed E-state index contributed by atoms with van der Waals surface area (Å²) in [6.07, 6.45) is 0.534. The molecule has 0 aliphatic carbocycles. The van der Waals surface area contributed by atoms with E-state index >= 15 is 0 Å². The molecule has 0 aliphatic rings. The minimum Gasteiger partial charge on any atom is -0.464 e. The molecule has 0 atom stereocenters. The largest absolute Gasteiger partial charge is 0.464 e. The maximum Gasteiger partial charge on any atom is 0.354 e. The molecule has 0 fully saturated rings. The monoisotopic (exact) mass is 370 g/mol. The number of rotatable bonds is 6. The van der Waals surface area contributed by atoms with E-state index in [1.54, 1.807) is 26.1 Å². The number of nitrogens with one attached hydrogen (secondary N) is 1. The molecule has 130 valence electrons. The lowest BCUT2D eigenvalue weighted by molar-refractivity contribution is 0.0589. The minimum absolute atomic E-state index is 0.0708. The summed E-state index contributed by atoms with van der Waals surface area (Å²) < 4.78 is 33.7. The van der Waals surface area contributed by atoms with E-state index in [0.717, 1.165) is 5.56 Å². The zero-order valence-electron chi connectivity index (χ0n) is 13.7. The van der Waals surface area contributed by atoms with Crippen molar-refractivity contribution in [1.29, 1.82) is 0 Å². The summed E-state index contributed by atoms with van der Waals surface area (Å²) >= 11 is 5.82. The molecule has 0 amide bonds. The number of nitrogens with zero attached hydrogens (tertiary/aromatic N) is 1. The molecule has 1 heterocycles. The highest BCUT2D eigenvalue weighted by atomic mass is 35.5. The first-order valence-corrected chi connectivity index (χ1v) is 9.11. The summed E-state index contributed by atoms with van der Waals surface area (Å²) in [7, 11) is -0.845. The summed E-state index contributed by atoms with van der Waals surface area (Å²) in [5, 5.41) is 0.634. The van der Waals surface area contributed by atoms with Gasteiger partial charge in [-0.25, -0.2) is 17.9 Å². The van der Waals surface area contributed by atoms with Crippen LogP contribution < -0.4 is 4.72 Å². The Kier molecular flexibility index (Phi) is 5.69. The number of methoxy groups -OCH3 is 1. The molecule has 0 aliphatic heterocycles. The Hall–Kier alpha value is -1.83. The summed E-state index contributed by atoms with van der Waals surface area (Å²) in [4.78, 5) is 11.8. The van der Waals surface area contributed by atoms with Crippen LogP contribution in [0.5, 0.6) is 0 Å². The first-order chi connectivity index (χ1) is 11.3. The Morgan fingerprint density at radius 2 is 1.92 bits per heavy atom. The van der Waals surface area contributed by atoms with Crippen LogP contribution in [0, 0.1) is 6.92 Å². The number of hydrogen-bond acceptors (Lipinski definition) is 4. The molecule has 0 spiro atoms. The van der Waals surface area contributed by atoms with Crippen molar-refractivity contribution in [3.05, 3.63) is 52.3 Å². The third kappa shape index (κ3) is 3.98. The molecule has 6 nitrogen and oxygen atoms in total. The van der Waals surface area contributed by atoms with E-state index in [4.69, 9.17) is 11.6 Å². The summed E-state index contributed by atoms with van der Waals surface area (Å²) in [5.74, 6) is -0.580. The van der Waals surface area contributed by atoms with Gasteiger partial charge in [0.05, 0.1) is 7.11 Å². The molecular weight excluding hydrogens is 352 g/mol. The first-order valence-electron chi connectivity index (χ1n) is 7.25. The van der Waals surface area contributed by atoms with Gasteiger partial charge in [0.25, 0.3) is 0 Å². The van der Waals surface area contributed by atoms with Gasteiger partial charge in [0.1, 0.15) is 10.6 Å². The van der Waals surface area contributed by atoms with Crippen LogP contribution in [0.1, 0.15) is 21.7 Å². The van der Waals surface area contributed by atoms with E-state index in [9.17, 15) is 13.2 Å². The molecule has 1 N–H and O–H groups in total. The van der Waals surface area contributed by atoms with Crippen molar-refractivity contribution in [2.75, 3.05) is 13.7 Å². The van der Waals surface area contributed by atoms with Crippen LogP contribution in [-0.2, 0) is 28.2 Å². The fourth-order valence-electron chi connectivity index (χ4n) is 2.30. The van der Waals surface area contributed by atoms with Crippen molar-refractivity contribution in [2.24, 2.45) is 7.05 Å². The zero-order valence-corrected chi connectivity index (χ0v) is 15.2. The lowest BCUT2D eigenvalue weighted by Gasteiger charge is -2.07. The Labute approximate surface area is 146 Å². The second-order valence-corrected chi connectivity index (χ2v) is 7.48. The molecule has 0 bridgehead atoms. The van der Waals surface area contributed by atoms with Gasteiger partial charge in [-0.2, -0.15) is 0 Å². The number of halogens is 1. The van der Waals surface area contributed by atoms with Crippen LogP contribution in [0.25, 0.3) is 0 Å². The fourth-order valence-corrected chi connectivity index (χ4v) is 3.75. The molecule has 0 unspecified atom stereocenters. The minimum atomic E-state index is -3.72. The van der Waals surface area contributed by atoms with Crippen LogP contribution in [0.4, 0.5) is 0 Å². The molecule has 2 rings (SSSR count). The van der Waals surface area contributed by atoms with Gasteiger partial charge in [-0.1, -0.05) is 23.7 Å². The van der Waals surface area contributed by atoms with Crippen molar-refractivity contribution in [3.63, 3.8) is 0 Å². The number of benzene rings is 1.